The molecule has 0 amide bonds. The third-order valence-electron chi connectivity index (χ3n) is 5.04. The molecule has 1 aliphatic heterocycles. The smallest absolute Gasteiger partial charge is 0.0459 e. The van der Waals surface area contributed by atoms with Crippen molar-refractivity contribution in [3.63, 3.8) is 0 Å². The van der Waals surface area contributed by atoms with E-state index in [9.17, 15) is 0 Å². The molecule has 1 aromatic rings. The normalized spacial score (nSPS) is 28.8. The SMILES string of the molecule is CN1CCC(N(C)C2Cc3ccccc3C2N)CC1. The minimum atomic E-state index is 0.181. The third kappa shape index (κ3) is 2.42. The summed E-state index contributed by atoms with van der Waals surface area (Å²) in [5, 5.41) is 0. The molecule has 3 nitrogen and oxygen atoms in total. The van der Waals surface area contributed by atoms with Crippen molar-refractivity contribution in [2.75, 3.05) is 27.2 Å². The number of nitrogens with two attached hydrogens (primary N) is 1. The van der Waals surface area contributed by atoms with Crippen LogP contribution in [0.4, 0.5) is 0 Å². The Morgan fingerprint density at radius 3 is 2.58 bits per heavy atom. The first-order valence-corrected chi connectivity index (χ1v) is 7.40. The number of likely N-dealkylation sites (N-methyl/N-ethyl adjacent to an activating group) is 1. The van der Waals surface area contributed by atoms with Crippen LogP contribution in [0.2, 0.25) is 0 Å². The van der Waals surface area contributed by atoms with Gasteiger partial charge in [0.2, 0.25) is 0 Å². The maximum atomic E-state index is 6.47. The summed E-state index contributed by atoms with van der Waals surface area (Å²) in [5.41, 5.74) is 9.27. The molecule has 104 valence electrons. The predicted molar refractivity (Wildman–Crippen MR) is 79.1 cm³/mol. The van der Waals surface area contributed by atoms with Crippen LogP contribution in [0.25, 0.3) is 0 Å². The van der Waals surface area contributed by atoms with Gasteiger partial charge in [0, 0.05) is 18.1 Å². The van der Waals surface area contributed by atoms with Gasteiger partial charge in [0.1, 0.15) is 0 Å². The highest BCUT2D eigenvalue weighted by molar-refractivity contribution is 5.36. The number of hydrogen-bond acceptors (Lipinski definition) is 3. The fourth-order valence-electron chi connectivity index (χ4n) is 3.68. The van der Waals surface area contributed by atoms with Crippen LogP contribution in [0.1, 0.15) is 30.0 Å². The van der Waals surface area contributed by atoms with Crippen molar-refractivity contribution >= 4 is 0 Å². The van der Waals surface area contributed by atoms with Crippen molar-refractivity contribution < 1.29 is 0 Å². The van der Waals surface area contributed by atoms with Crippen LogP contribution in [0.15, 0.2) is 24.3 Å². The van der Waals surface area contributed by atoms with Crippen LogP contribution in [-0.2, 0) is 6.42 Å². The minimum Gasteiger partial charge on any atom is -0.323 e. The molecule has 1 aliphatic carbocycles. The summed E-state index contributed by atoms with van der Waals surface area (Å²) in [6.07, 6.45) is 3.65. The van der Waals surface area contributed by atoms with E-state index in [0.29, 0.717) is 12.1 Å². The number of hydrogen-bond donors (Lipinski definition) is 1. The molecule has 0 bridgehead atoms. The number of piperidine rings is 1. The highest BCUT2D eigenvalue weighted by Gasteiger charge is 2.35. The van der Waals surface area contributed by atoms with Crippen molar-refractivity contribution in [3.8, 4) is 0 Å². The molecule has 1 heterocycles. The molecule has 3 heteroatoms. The second-order valence-electron chi connectivity index (χ2n) is 6.20. The molecule has 0 radical (unpaired) electrons. The average molecular weight is 259 g/mol. The number of benzene rings is 1. The van der Waals surface area contributed by atoms with Gasteiger partial charge in [-0.15, -0.1) is 0 Å². The number of nitrogens with zero attached hydrogens (tertiary/aromatic N) is 2. The van der Waals surface area contributed by atoms with Crippen LogP contribution in [-0.4, -0.2) is 49.1 Å². The Kier molecular flexibility index (Phi) is 3.61. The summed E-state index contributed by atoms with van der Waals surface area (Å²) in [6.45, 7) is 2.42. The first-order chi connectivity index (χ1) is 9.16. The predicted octanol–water partition coefficient (Wildman–Crippen LogP) is 1.64. The molecule has 1 fully saturated rings. The lowest BCUT2D eigenvalue weighted by Gasteiger charge is -2.39. The summed E-state index contributed by atoms with van der Waals surface area (Å²) in [4.78, 5) is 4.98. The minimum absolute atomic E-state index is 0.181. The van der Waals surface area contributed by atoms with Crippen molar-refractivity contribution in [1.29, 1.82) is 0 Å². The Bertz CT molecular complexity index is 437. The van der Waals surface area contributed by atoms with E-state index in [4.69, 9.17) is 5.73 Å². The molecular weight excluding hydrogens is 234 g/mol. The lowest BCUT2D eigenvalue weighted by atomic mass is 10.00. The number of rotatable bonds is 2. The Morgan fingerprint density at radius 1 is 1.21 bits per heavy atom. The molecule has 2 unspecified atom stereocenters. The zero-order valence-electron chi connectivity index (χ0n) is 12.0. The van der Waals surface area contributed by atoms with Crippen molar-refractivity contribution in [3.05, 3.63) is 35.4 Å². The van der Waals surface area contributed by atoms with Gasteiger partial charge in [-0.1, -0.05) is 24.3 Å². The molecule has 19 heavy (non-hydrogen) atoms. The highest BCUT2D eigenvalue weighted by Crippen LogP contribution is 2.34. The van der Waals surface area contributed by atoms with Gasteiger partial charge < -0.3 is 10.6 Å². The molecule has 2 N–H and O–H groups in total. The third-order valence-corrected chi connectivity index (χ3v) is 5.04. The van der Waals surface area contributed by atoms with E-state index in [1.54, 1.807) is 0 Å². The second kappa shape index (κ2) is 5.23. The maximum Gasteiger partial charge on any atom is 0.0459 e. The van der Waals surface area contributed by atoms with Gasteiger partial charge in [0.25, 0.3) is 0 Å². The fourth-order valence-corrected chi connectivity index (χ4v) is 3.68. The summed E-state index contributed by atoms with van der Waals surface area (Å²) in [5.74, 6) is 0. The van der Waals surface area contributed by atoms with Gasteiger partial charge >= 0.3 is 0 Å². The topological polar surface area (TPSA) is 32.5 Å². The van der Waals surface area contributed by atoms with E-state index in [1.165, 1.54) is 37.1 Å². The Hall–Kier alpha value is -0.900. The average Bonchev–Trinajstić information content (AvgIpc) is 2.77. The molecule has 0 aromatic heterocycles. The Balaban J connectivity index is 1.71. The molecule has 1 aromatic carbocycles. The van der Waals surface area contributed by atoms with E-state index in [2.05, 4.69) is 48.2 Å². The van der Waals surface area contributed by atoms with Crippen LogP contribution in [0.3, 0.4) is 0 Å². The molecule has 1 saturated heterocycles. The van der Waals surface area contributed by atoms with Gasteiger partial charge in [0.15, 0.2) is 0 Å². The Labute approximate surface area is 116 Å². The monoisotopic (exact) mass is 259 g/mol. The highest BCUT2D eigenvalue weighted by atomic mass is 15.2. The van der Waals surface area contributed by atoms with Crippen molar-refractivity contribution in [2.24, 2.45) is 5.73 Å². The molecule has 2 aliphatic rings. The zero-order valence-corrected chi connectivity index (χ0v) is 12.0. The first-order valence-electron chi connectivity index (χ1n) is 7.40. The lowest BCUT2D eigenvalue weighted by Crippen LogP contribution is -2.48. The van der Waals surface area contributed by atoms with E-state index in [-0.39, 0.29) is 6.04 Å². The molecule has 2 atom stereocenters. The second-order valence-corrected chi connectivity index (χ2v) is 6.20. The number of fused-ring (bicyclic) bond motifs is 1. The van der Waals surface area contributed by atoms with E-state index < -0.39 is 0 Å². The van der Waals surface area contributed by atoms with Gasteiger partial charge in [-0.3, -0.25) is 4.90 Å². The summed E-state index contributed by atoms with van der Waals surface area (Å²) in [6, 6.07) is 10.0. The molecule has 0 spiro atoms. The standard InChI is InChI=1S/C16H25N3/c1-18-9-7-13(8-10-18)19(2)15-11-12-5-3-4-6-14(12)16(15)17/h3-6,13,15-16H,7-11,17H2,1-2H3. The summed E-state index contributed by atoms with van der Waals surface area (Å²) in [7, 11) is 4.49. The van der Waals surface area contributed by atoms with Gasteiger partial charge in [-0.2, -0.15) is 0 Å². The Morgan fingerprint density at radius 2 is 1.89 bits per heavy atom. The van der Waals surface area contributed by atoms with Crippen molar-refractivity contribution in [1.82, 2.24) is 9.80 Å². The zero-order chi connectivity index (χ0) is 13.4. The van der Waals surface area contributed by atoms with E-state index in [1.807, 2.05) is 0 Å². The van der Waals surface area contributed by atoms with Gasteiger partial charge in [-0.25, -0.2) is 0 Å². The van der Waals surface area contributed by atoms with Crippen molar-refractivity contribution in [2.45, 2.75) is 37.4 Å². The molecular formula is C16H25N3. The van der Waals surface area contributed by atoms with E-state index in [0.717, 1.165) is 6.42 Å². The van der Waals surface area contributed by atoms with Crippen LogP contribution in [0, 0.1) is 0 Å². The van der Waals surface area contributed by atoms with Crippen LogP contribution in [0.5, 0.6) is 0 Å². The van der Waals surface area contributed by atoms with Gasteiger partial charge in [-0.05, 0) is 57.6 Å². The first kappa shape index (κ1) is 13.1. The number of likely N-dealkylation sites (tertiary alicyclic amines) is 1. The van der Waals surface area contributed by atoms with E-state index >= 15 is 0 Å². The lowest BCUT2D eigenvalue weighted by molar-refractivity contribution is 0.0996. The summed E-state index contributed by atoms with van der Waals surface area (Å²) < 4.78 is 0. The molecule has 0 saturated carbocycles. The quantitative estimate of drug-likeness (QED) is 0.876. The van der Waals surface area contributed by atoms with Gasteiger partial charge in [0.05, 0.1) is 0 Å². The summed E-state index contributed by atoms with van der Waals surface area (Å²) >= 11 is 0. The largest absolute Gasteiger partial charge is 0.323 e. The fraction of sp³-hybridized carbons (Fsp3) is 0.625. The maximum absolute atomic E-state index is 6.47. The van der Waals surface area contributed by atoms with Crippen LogP contribution >= 0.6 is 0 Å². The van der Waals surface area contributed by atoms with Crippen LogP contribution < -0.4 is 5.73 Å². The molecule has 3 rings (SSSR count).